The summed E-state index contributed by atoms with van der Waals surface area (Å²) in [7, 11) is 0. The van der Waals surface area contributed by atoms with Gasteiger partial charge < -0.3 is 9.84 Å². The van der Waals surface area contributed by atoms with Crippen molar-refractivity contribution in [2.45, 2.75) is 19.3 Å². The largest absolute Gasteiger partial charge is 0.396 e. The van der Waals surface area contributed by atoms with Crippen LogP contribution in [0.3, 0.4) is 0 Å². The Labute approximate surface area is 90.9 Å². The van der Waals surface area contributed by atoms with E-state index >= 15 is 0 Å². The molecule has 1 unspecified atom stereocenters. The predicted molar refractivity (Wildman–Crippen MR) is 59.9 cm³/mol. The Kier molecular flexibility index (Phi) is 3.39. The van der Waals surface area contributed by atoms with E-state index in [1.165, 1.54) is 11.1 Å². The number of aliphatic hydroxyl groups is 1. The van der Waals surface area contributed by atoms with Gasteiger partial charge in [-0.05, 0) is 24.5 Å². The number of aliphatic hydroxyl groups excluding tert-OH is 1. The average molecular weight is 206 g/mol. The van der Waals surface area contributed by atoms with Crippen molar-refractivity contribution < 1.29 is 9.84 Å². The highest BCUT2D eigenvalue weighted by atomic mass is 16.5. The molecular weight excluding hydrogens is 188 g/mol. The molecule has 0 bridgehead atoms. The Bertz CT molecular complexity index is 318. The number of hydrogen-bond donors (Lipinski definition) is 1. The number of benzene rings is 1. The van der Waals surface area contributed by atoms with Gasteiger partial charge in [-0.25, -0.2) is 0 Å². The first kappa shape index (κ1) is 10.7. The van der Waals surface area contributed by atoms with E-state index in [-0.39, 0.29) is 12.5 Å². The maximum atomic E-state index is 9.43. The molecule has 0 aliphatic carbocycles. The van der Waals surface area contributed by atoms with E-state index in [1.807, 2.05) is 12.1 Å². The number of ether oxygens (including phenoxy) is 1. The van der Waals surface area contributed by atoms with Crippen LogP contribution in [-0.2, 0) is 4.74 Å². The van der Waals surface area contributed by atoms with Crippen molar-refractivity contribution in [2.75, 3.05) is 19.8 Å². The molecule has 0 aromatic heterocycles. The van der Waals surface area contributed by atoms with Gasteiger partial charge >= 0.3 is 0 Å². The lowest BCUT2D eigenvalue weighted by molar-refractivity contribution is -0.0405. The molecule has 2 nitrogen and oxygen atoms in total. The quantitative estimate of drug-likeness (QED) is 0.817. The van der Waals surface area contributed by atoms with Crippen molar-refractivity contribution in [2.24, 2.45) is 5.92 Å². The summed E-state index contributed by atoms with van der Waals surface area (Å²) >= 11 is 0. The predicted octanol–water partition coefficient (Wildman–Crippen LogP) is 2.11. The summed E-state index contributed by atoms with van der Waals surface area (Å²) in [4.78, 5) is 0. The summed E-state index contributed by atoms with van der Waals surface area (Å²) in [5.41, 5.74) is 2.56. The van der Waals surface area contributed by atoms with E-state index in [0.717, 1.165) is 19.6 Å². The lowest BCUT2D eigenvalue weighted by atomic mass is 9.86. The van der Waals surface area contributed by atoms with E-state index in [1.54, 1.807) is 0 Å². The van der Waals surface area contributed by atoms with Crippen molar-refractivity contribution in [1.82, 2.24) is 0 Å². The molecule has 0 amide bonds. The first-order valence-corrected chi connectivity index (χ1v) is 5.55. The Morgan fingerprint density at radius 1 is 1.40 bits per heavy atom. The van der Waals surface area contributed by atoms with Gasteiger partial charge in [0.15, 0.2) is 0 Å². The highest BCUT2D eigenvalue weighted by molar-refractivity contribution is 5.29. The minimum atomic E-state index is 0.237. The fourth-order valence-electron chi connectivity index (χ4n) is 2.17. The van der Waals surface area contributed by atoms with Crippen LogP contribution < -0.4 is 0 Å². The Hall–Kier alpha value is -0.860. The summed E-state index contributed by atoms with van der Waals surface area (Å²) in [5, 5.41) is 9.43. The summed E-state index contributed by atoms with van der Waals surface area (Å²) in [6.45, 7) is 4.07. The van der Waals surface area contributed by atoms with E-state index in [0.29, 0.717) is 5.92 Å². The van der Waals surface area contributed by atoms with Crippen LogP contribution in [0.25, 0.3) is 0 Å². The molecule has 0 spiro atoms. The monoisotopic (exact) mass is 206 g/mol. The number of aryl methyl sites for hydroxylation is 1. The molecule has 82 valence electrons. The summed E-state index contributed by atoms with van der Waals surface area (Å²) in [6.07, 6.45) is 1.04. The smallest absolute Gasteiger partial charge is 0.0516 e. The van der Waals surface area contributed by atoms with Crippen molar-refractivity contribution in [3.63, 3.8) is 0 Å². The second kappa shape index (κ2) is 4.77. The zero-order valence-electron chi connectivity index (χ0n) is 9.15. The Balaban J connectivity index is 2.07. The molecule has 1 aliphatic rings. The normalized spacial score (nSPS) is 18.5. The van der Waals surface area contributed by atoms with Crippen LogP contribution in [0.5, 0.6) is 0 Å². The topological polar surface area (TPSA) is 29.5 Å². The third-order valence-electron chi connectivity index (χ3n) is 3.17. The van der Waals surface area contributed by atoms with Gasteiger partial charge in [0.1, 0.15) is 0 Å². The molecule has 1 aromatic carbocycles. The third-order valence-corrected chi connectivity index (χ3v) is 3.17. The molecule has 1 atom stereocenters. The zero-order valence-corrected chi connectivity index (χ0v) is 9.15. The summed E-state index contributed by atoms with van der Waals surface area (Å²) in [5.74, 6) is 0.918. The van der Waals surface area contributed by atoms with E-state index < -0.39 is 0 Å². The van der Waals surface area contributed by atoms with Crippen molar-refractivity contribution in [1.29, 1.82) is 0 Å². The molecule has 1 aliphatic heterocycles. The Morgan fingerprint density at radius 2 is 2.13 bits per heavy atom. The molecule has 1 heterocycles. The molecule has 0 saturated carbocycles. The van der Waals surface area contributed by atoms with Gasteiger partial charge in [-0.15, -0.1) is 0 Å². The van der Waals surface area contributed by atoms with Crippen LogP contribution in [0, 0.1) is 12.8 Å². The van der Waals surface area contributed by atoms with Crippen LogP contribution in [0.1, 0.15) is 23.5 Å². The lowest BCUT2D eigenvalue weighted by Crippen LogP contribution is -2.29. The molecule has 1 saturated heterocycles. The molecule has 1 N–H and O–H groups in total. The van der Waals surface area contributed by atoms with Crippen LogP contribution in [0.15, 0.2) is 24.3 Å². The van der Waals surface area contributed by atoms with Crippen LogP contribution in [0.4, 0.5) is 0 Å². The van der Waals surface area contributed by atoms with Gasteiger partial charge in [0.25, 0.3) is 0 Å². The van der Waals surface area contributed by atoms with Crippen LogP contribution >= 0.6 is 0 Å². The third kappa shape index (κ3) is 2.39. The highest BCUT2D eigenvalue weighted by Crippen LogP contribution is 2.29. The van der Waals surface area contributed by atoms with Gasteiger partial charge in [-0.2, -0.15) is 0 Å². The van der Waals surface area contributed by atoms with Gasteiger partial charge in [0.05, 0.1) is 13.2 Å². The van der Waals surface area contributed by atoms with Crippen molar-refractivity contribution >= 4 is 0 Å². The van der Waals surface area contributed by atoms with Gasteiger partial charge in [0.2, 0.25) is 0 Å². The molecule has 2 heteroatoms. The molecule has 0 radical (unpaired) electrons. The minimum absolute atomic E-state index is 0.237. The zero-order chi connectivity index (χ0) is 10.7. The number of hydrogen-bond acceptors (Lipinski definition) is 2. The molecule has 1 aromatic rings. The Morgan fingerprint density at radius 3 is 2.67 bits per heavy atom. The molecule has 2 rings (SSSR count). The highest BCUT2D eigenvalue weighted by Gasteiger charge is 2.24. The first-order chi connectivity index (χ1) is 7.31. The SMILES string of the molecule is Cc1ccccc1C(CO)CC1COC1. The van der Waals surface area contributed by atoms with Gasteiger partial charge in [-0.1, -0.05) is 24.3 Å². The second-order valence-corrected chi connectivity index (χ2v) is 4.38. The van der Waals surface area contributed by atoms with E-state index in [9.17, 15) is 5.11 Å². The van der Waals surface area contributed by atoms with Gasteiger partial charge in [0, 0.05) is 18.4 Å². The second-order valence-electron chi connectivity index (χ2n) is 4.38. The maximum Gasteiger partial charge on any atom is 0.0516 e. The van der Waals surface area contributed by atoms with Crippen LogP contribution in [0.2, 0.25) is 0 Å². The molecular formula is C13H18O2. The minimum Gasteiger partial charge on any atom is -0.396 e. The fourth-order valence-corrected chi connectivity index (χ4v) is 2.17. The van der Waals surface area contributed by atoms with Gasteiger partial charge in [-0.3, -0.25) is 0 Å². The standard InChI is InChI=1S/C13H18O2/c1-10-4-2-3-5-13(10)12(7-14)6-11-8-15-9-11/h2-5,11-12,14H,6-9H2,1H3. The van der Waals surface area contributed by atoms with E-state index in [2.05, 4.69) is 19.1 Å². The first-order valence-electron chi connectivity index (χ1n) is 5.55. The lowest BCUT2D eigenvalue weighted by Gasteiger charge is -2.29. The summed E-state index contributed by atoms with van der Waals surface area (Å²) in [6, 6.07) is 8.31. The maximum absolute atomic E-state index is 9.43. The molecule has 15 heavy (non-hydrogen) atoms. The van der Waals surface area contributed by atoms with Crippen molar-refractivity contribution in [3.05, 3.63) is 35.4 Å². The summed E-state index contributed by atoms with van der Waals surface area (Å²) < 4.78 is 5.16. The van der Waals surface area contributed by atoms with Crippen LogP contribution in [-0.4, -0.2) is 24.9 Å². The average Bonchev–Trinajstić information content (AvgIpc) is 2.19. The van der Waals surface area contributed by atoms with E-state index in [4.69, 9.17) is 4.74 Å². The van der Waals surface area contributed by atoms with Crippen molar-refractivity contribution in [3.8, 4) is 0 Å². The number of rotatable bonds is 4. The fraction of sp³-hybridized carbons (Fsp3) is 0.538. The molecule has 1 fully saturated rings.